The predicted molar refractivity (Wildman–Crippen MR) is 134 cm³/mol. The average Bonchev–Trinajstić information content (AvgIpc) is 3.37. The Balaban J connectivity index is 1.99. The lowest BCUT2D eigenvalue weighted by Crippen LogP contribution is -2.49. The first-order chi connectivity index (χ1) is 20.2. The fourth-order valence-corrected chi connectivity index (χ4v) is 4.28. The Morgan fingerprint density at radius 2 is 1.70 bits per heavy atom. The van der Waals surface area contributed by atoms with Gasteiger partial charge in [-0.3, -0.25) is 18.9 Å². The quantitative estimate of drug-likeness (QED) is 0.159. The molecule has 2 heterocycles. The molecule has 3 rings (SSSR count). The topological polar surface area (TPSA) is 130 Å². The van der Waals surface area contributed by atoms with Gasteiger partial charge in [0.15, 0.2) is 5.69 Å². The van der Waals surface area contributed by atoms with E-state index in [1.165, 1.54) is 10.2 Å². The van der Waals surface area contributed by atoms with Crippen molar-refractivity contribution in [2.45, 2.75) is 38.0 Å². The monoisotopic (exact) mass is 626 g/mol. The van der Waals surface area contributed by atoms with Crippen molar-refractivity contribution in [2.75, 3.05) is 52.6 Å². The van der Waals surface area contributed by atoms with Gasteiger partial charge in [-0.2, -0.15) is 26.3 Å². The summed E-state index contributed by atoms with van der Waals surface area (Å²) in [5.41, 5.74) is -0.801. The predicted octanol–water partition coefficient (Wildman–Crippen LogP) is 2.46. The van der Waals surface area contributed by atoms with E-state index in [9.17, 15) is 45.1 Å². The highest BCUT2D eigenvalue weighted by molar-refractivity contribution is 5.98. The molecule has 2 aromatic rings. The highest BCUT2D eigenvalue weighted by Crippen LogP contribution is 2.28. The number of esters is 1. The molecule has 0 spiro atoms. The molecule has 0 aliphatic carbocycles. The van der Waals surface area contributed by atoms with Crippen LogP contribution in [-0.4, -0.2) is 113 Å². The summed E-state index contributed by atoms with van der Waals surface area (Å²) in [6, 6.07) is 2.75. The second kappa shape index (κ2) is 14.6. The van der Waals surface area contributed by atoms with Crippen molar-refractivity contribution in [3.63, 3.8) is 0 Å². The van der Waals surface area contributed by atoms with Gasteiger partial charge < -0.3 is 20.1 Å². The van der Waals surface area contributed by atoms with E-state index in [1.807, 2.05) is 4.90 Å². The number of aliphatic hydroxyl groups excluding tert-OH is 1. The molecule has 11 nitrogen and oxygen atoms in total. The molecule has 0 radical (unpaired) electrons. The van der Waals surface area contributed by atoms with Crippen LogP contribution in [0.4, 0.5) is 30.7 Å². The Hall–Kier alpha value is -3.80. The lowest BCUT2D eigenvalue weighted by molar-refractivity contribution is -0.189. The van der Waals surface area contributed by atoms with E-state index in [0.717, 1.165) is 22.9 Å². The fourth-order valence-electron chi connectivity index (χ4n) is 4.28. The van der Waals surface area contributed by atoms with Crippen molar-refractivity contribution >= 4 is 17.8 Å². The third-order valence-corrected chi connectivity index (χ3v) is 6.43. The van der Waals surface area contributed by atoms with Crippen LogP contribution in [0.25, 0.3) is 5.69 Å². The smallest absolute Gasteiger partial charge is 0.419 e. The van der Waals surface area contributed by atoms with Gasteiger partial charge in [-0.05, 0) is 31.4 Å². The van der Waals surface area contributed by atoms with E-state index in [-0.39, 0.29) is 36.5 Å². The molecular formula is C25H29F7N6O5. The summed E-state index contributed by atoms with van der Waals surface area (Å²) in [5.74, 6) is -5.70. The molecule has 1 aliphatic heterocycles. The van der Waals surface area contributed by atoms with Gasteiger partial charge in [0.2, 0.25) is 0 Å². The molecule has 1 aromatic carbocycles. The molecule has 0 bridgehead atoms. The van der Waals surface area contributed by atoms with Crippen LogP contribution in [0.2, 0.25) is 0 Å². The van der Waals surface area contributed by atoms with Crippen molar-refractivity contribution in [1.82, 2.24) is 30.1 Å². The van der Waals surface area contributed by atoms with E-state index in [4.69, 9.17) is 5.11 Å². The summed E-state index contributed by atoms with van der Waals surface area (Å²) in [6.07, 6.45) is -9.17. The summed E-state index contributed by atoms with van der Waals surface area (Å²) < 4.78 is 94.8. The Morgan fingerprint density at radius 3 is 2.30 bits per heavy atom. The number of hydrogen-bond donors (Lipinski definition) is 2. The van der Waals surface area contributed by atoms with Gasteiger partial charge in [0.25, 0.3) is 11.8 Å². The molecule has 1 aromatic heterocycles. The van der Waals surface area contributed by atoms with Gasteiger partial charge in [0.1, 0.15) is 12.3 Å². The maximum Gasteiger partial charge on any atom is 0.491 e. The van der Waals surface area contributed by atoms with Crippen molar-refractivity contribution in [2.24, 2.45) is 0 Å². The molecule has 2 N–H and O–H groups in total. The van der Waals surface area contributed by atoms with Crippen LogP contribution < -0.4 is 10.1 Å². The summed E-state index contributed by atoms with van der Waals surface area (Å²) >= 11 is 0. The van der Waals surface area contributed by atoms with Crippen molar-refractivity contribution in [1.29, 1.82) is 0 Å². The third kappa shape index (κ3) is 9.34. The number of carbonyl (C=O) groups is 3. The normalized spacial score (nSPS) is 14.6. The number of rotatable bonds is 12. The molecule has 43 heavy (non-hydrogen) atoms. The van der Waals surface area contributed by atoms with Crippen LogP contribution in [0.1, 0.15) is 45.8 Å². The summed E-state index contributed by atoms with van der Waals surface area (Å²) in [6.45, 7) is -0.397. The van der Waals surface area contributed by atoms with Crippen LogP contribution in [0, 0.1) is 0 Å². The summed E-state index contributed by atoms with van der Waals surface area (Å²) in [7, 11) is 0. The average molecular weight is 627 g/mol. The van der Waals surface area contributed by atoms with Crippen molar-refractivity contribution in [3.8, 4) is 11.4 Å². The Bertz CT molecular complexity index is 1280. The zero-order chi connectivity index (χ0) is 31.8. The van der Waals surface area contributed by atoms with Crippen LogP contribution in [0.3, 0.4) is 0 Å². The minimum absolute atomic E-state index is 0.0473. The molecular weight excluding hydrogens is 597 g/mol. The van der Waals surface area contributed by atoms with Gasteiger partial charge in [-0.15, -0.1) is 5.10 Å². The number of unbranched alkanes of at least 4 members (excludes halogenated alkanes) is 2. The second-order valence-corrected chi connectivity index (χ2v) is 9.52. The maximum atomic E-state index is 13.4. The Labute approximate surface area is 240 Å². The van der Waals surface area contributed by atoms with E-state index in [0.29, 0.717) is 45.6 Å². The number of amides is 2. The maximum absolute atomic E-state index is 13.4. The minimum Gasteiger partial charge on any atom is -0.419 e. The third-order valence-electron chi connectivity index (χ3n) is 6.43. The number of aromatic nitrogens is 3. The van der Waals surface area contributed by atoms with E-state index >= 15 is 0 Å². The van der Waals surface area contributed by atoms with Gasteiger partial charge in [0, 0.05) is 38.8 Å². The van der Waals surface area contributed by atoms with Gasteiger partial charge in [-0.25, -0.2) is 9.48 Å². The number of benzene rings is 1. The molecule has 2 amide bonds. The number of ether oxygens (including phenoxy) is 1. The SMILES string of the molecule is O=C(NCC(F)(F)F)c1ccc(-n2nnc(C(=O)N3CCN(CCO)CC3)c2CCCCCF)cc1OC(=O)C(F)(F)F. The molecule has 0 unspecified atom stereocenters. The van der Waals surface area contributed by atoms with Gasteiger partial charge in [-0.1, -0.05) is 11.6 Å². The standard InChI is InChI=1S/C25H29F7N6O5/c26-7-3-1-2-4-18-20(22(41)37-10-8-36(9-11-37)12-13-39)34-35-38(18)16-5-6-17(21(40)33-15-24(27,28)29)19(14-16)43-23(42)25(30,31)32/h5-6,14,39H,1-4,7-13,15H2,(H,33,40). The highest BCUT2D eigenvalue weighted by Gasteiger charge is 2.42. The largest absolute Gasteiger partial charge is 0.491 e. The van der Waals surface area contributed by atoms with Crippen molar-refractivity contribution < 1.29 is 55.0 Å². The number of nitrogens with one attached hydrogen (secondary N) is 1. The van der Waals surface area contributed by atoms with Gasteiger partial charge in [0.05, 0.1) is 30.2 Å². The number of alkyl halides is 7. The lowest BCUT2D eigenvalue weighted by Gasteiger charge is -2.34. The molecule has 1 saturated heterocycles. The Morgan fingerprint density at radius 1 is 1.00 bits per heavy atom. The highest BCUT2D eigenvalue weighted by atomic mass is 19.4. The first kappa shape index (κ1) is 33.7. The first-order valence-corrected chi connectivity index (χ1v) is 13.2. The van der Waals surface area contributed by atoms with Crippen LogP contribution in [0.15, 0.2) is 18.2 Å². The zero-order valence-corrected chi connectivity index (χ0v) is 22.7. The van der Waals surface area contributed by atoms with E-state index in [1.54, 1.807) is 0 Å². The van der Waals surface area contributed by atoms with Crippen LogP contribution in [-0.2, 0) is 11.2 Å². The number of hydrogen-bond acceptors (Lipinski definition) is 8. The minimum atomic E-state index is -5.49. The number of carbonyl (C=O) groups excluding carboxylic acids is 3. The number of piperazine rings is 1. The molecule has 0 atom stereocenters. The summed E-state index contributed by atoms with van der Waals surface area (Å²) in [4.78, 5) is 40.8. The van der Waals surface area contributed by atoms with Crippen LogP contribution in [0.5, 0.6) is 5.75 Å². The molecule has 238 valence electrons. The van der Waals surface area contributed by atoms with E-state index in [2.05, 4.69) is 15.0 Å². The van der Waals surface area contributed by atoms with Crippen LogP contribution >= 0.6 is 0 Å². The lowest BCUT2D eigenvalue weighted by atomic mass is 10.1. The number of halogens is 7. The zero-order valence-electron chi connectivity index (χ0n) is 22.7. The molecule has 1 fully saturated rings. The second-order valence-electron chi connectivity index (χ2n) is 9.52. The molecule has 18 heteroatoms. The van der Waals surface area contributed by atoms with E-state index < -0.39 is 54.7 Å². The fraction of sp³-hybridized carbons (Fsp3) is 0.560. The molecule has 1 aliphatic rings. The van der Waals surface area contributed by atoms with Gasteiger partial charge >= 0.3 is 18.3 Å². The summed E-state index contributed by atoms with van der Waals surface area (Å²) in [5, 5.41) is 18.6. The molecule has 0 saturated carbocycles. The number of nitrogens with zero attached hydrogens (tertiary/aromatic N) is 5. The Kier molecular flexibility index (Phi) is 11.4. The first-order valence-electron chi connectivity index (χ1n) is 13.2. The number of β-amino-alcohol motifs (C(OH)–C–C–N with tert-alkyl or cyclic N) is 1. The number of aliphatic hydroxyl groups is 1. The van der Waals surface area contributed by atoms with Crippen molar-refractivity contribution in [3.05, 3.63) is 35.2 Å².